The second-order valence-corrected chi connectivity index (χ2v) is 8.57. The second-order valence-electron chi connectivity index (χ2n) is 8.57. The van der Waals surface area contributed by atoms with E-state index in [2.05, 4.69) is 15.2 Å². The average Bonchev–Trinajstić information content (AvgIpc) is 3.29. The van der Waals surface area contributed by atoms with E-state index in [0.29, 0.717) is 16.6 Å². The number of imidazole rings is 1. The first-order valence-corrected chi connectivity index (χ1v) is 9.99. The summed E-state index contributed by atoms with van der Waals surface area (Å²) in [5.74, 6) is -0.255. The van der Waals surface area contributed by atoms with Crippen LogP contribution in [0.4, 0.5) is 15.2 Å². The average molecular weight is 438 g/mol. The van der Waals surface area contributed by atoms with Crippen LogP contribution in [0.25, 0.3) is 11.0 Å². The summed E-state index contributed by atoms with van der Waals surface area (Å²) in [5.41, 5.74) is 6.13. The quantitative estimate of drug-likeness (QED) is 0.501. The maximum Gasteiger partial charge on any atom is 0.334 e. The molecule has 166 valence electrons. The highest BCUT2D eigenvalue weighted by molar-refractivity contribution is 5.89. The third kappa shape index (κ3) is 3.98. The molecule has 0 unspecified atom stereocenters. The van der Waals surface area contributed by atoms with Crippen molar-refractivity contribution >= 4 is 23.1 Å². The number of nitrogens with two attached hydrogens (primary N) is 1. The van der Waals surface area contributed by atoms with Crippen molar-refractivity contribution in [2.45, 2.75) is 33.4 Å². The Morgan fingerprint density at radius 2 is 1.88 bits per heavy atom. The first-order chi connectivity index (χ1) is 15.1. The Morgan fingerprint density at radius 3 is 2.50 bits per heavy atom. The van der Waals surface area contributed by atoms with Crippen molar-refractivity contribution in [1.82, 2.24) is 24.6 Å². The molecule has 32 heavy (non-hydrogen) atoms. The number of rotatable bonds is 4. The lowest BCUT2D eigenvalue weighted by molar-refractivity contribution is 0.0935. The molecule has 0 saturated heterocycles. The Labute approximate surface area is 182 Å². The number of hydrogen-bond donors (Lipinski definition) is 2. The number of nitrogens with one attached hydrogen (secondary N) is 1. The number of halogens is 1. The van der Waals surface area contributed by atoms with Gasteiger partial charge in [0.15, 0.2) is 0 Å². The van der Waals surface area contributed by atoms with E-state index in [-0.39, 0.29) is 18.5 Å². The number of carbonyl (C=O) groups excluding carboxylic acids is 1. The number of hydrogen-bond acceptors (Lipinski definition) is 6. The molecule has 2 aromatic carbocycles. The van der Waals surface area contributed by atoms with Crippen molar-refractivity contribution in [3.8, 4) is 0 Å². The van der Waals surface area contributed by atoms with Gasteiger partial charge in [-0.15, -0.1) is 5.10 Å². The third-order valence-electron chi connectivity index (χ3n) is 5.11. The Kier molecular flexibility index (Phi) is 5.29. The molecule has 0 bridgehead atoms. The molecule has 0 spiro atoms. The predicted molar refractivity (Wildman–Crippen MR) is 116 cm³/mol. The van der Waals surface area contributed by atoms with Crippen LogP contribution in [-0.4, -0.2) is 30.7 Å². The van der Waals surface area contributed by atoms with Gasteiger partial charge in [0.2, 0.25) is 5.89 Å². The molecule has 9 nitrogen and oxygen atoms in total. The number of anilines is 1. The van der Waals surface area contributed by atoms with E-state index in [9.17, 15) is 14.0 Å². The number of H-pyrrole nitrogens is 1. The van der Waals surface area contributed by atoms with E-state index >= 15 is 0 Å². The predicted octanol–water partition coefficient (Wildman–Crippen LogP) is 3.69. The van der Waals surface area contributed by atoms with Crippen molar-refractivity contribution in [1.29, 1.82) is 0 Å². The lowest BCUT2D eigenvalue weighted by Crippen LogP contribution is -2.45. The van der Waals surface area contributed by atoms with Crippen molar-refractivity contribution in [2.75, 3.05) is 5.73 Å². The molecular formula is C22H23FN6O3. The van der Waals surface area contributed by atoms with Gasteiger partial charge in [0.25, 0.3) is 0 Å². The van der Waals surface area contributed by atoms with Gasteiger partial charge in [0, 0.05) is 6.54 Å². The number of nitrogens with zero attached hydrogens (tertiary/aromatic N) is 4. The highest BCUT2D eigenvalue weighted by Crippen LogP contribution is 2.39. The van der Waals surface area contributed by atoms with Gasteiger partial charge in [-0.3, -0.25) is 0 Å². The number of aromatic amines is 1. The summed E-state index contributed by atoms with van der Waals surface area (Å²) in [4.78, 5) is 30.7. The molecule has 0 aliphatic carbocycles. The van der Waals surface area contributed by atoms with Gasteiger partial charge < -0.3 is 20.0 Å². The van der Waals surface area contributed by atoms with Crippen LogP contribution in [0.2, 0.25) is 0 Å². The fraction of sp³-hybridized carbons (Fsp3) is 0.273. The summed E-state index contributed by atoms with van der Waals surface area (Å²) in [7, 11) is 0. The molecule has 2 aromatic heterocycles. The number of amides is 1. The maximum absolute atomic E-state index is 13.9. The highest BCUT2D eigenvalue weighted by Gasteiger charge is 2.40. The van der Waals surface area contributed by atoms with E-state index in [1.807, 2.05) is 20.8 Å². The molecule has 0 aliphatic rings. The molecule has 2 heterocycles. The zero-order chi connectivity index (χ0) is 23.0. The van der Waals surface area contributed by atoms with Crippen molar-refractivity contribution in [3.05, 3.63) is 76.3 Å². The molecule has 4 aromatic rings. The molecule has 3 N–H and O–H groups in total. The normalized spacial score (nSPS) is 12.8. The summed E-state index contributed by atoms with van der Waals surface area (Å²) < 4.78 is 20.0. The first kappa shape index (κ1) is 21.3. The zero-order valence-corrected chi connectivity index (χ0v) is 17.9. The van der Waals surface area contributed by atoms with Crippen molar-refractivity contribution in [2.24, 2.45) is 5.41 Å². The Balaban J connectivity index is 1.87. The van der Waals surface area contributed by atoms with Crippen LogP contribution in [0.15, 0.2) is 57.7 Å². The van der Waals surface area contributed by atoms with Gasteiger partial charge >= 0.3 is 17.7 Å². The van der Waals surface area contributed by atoms with Crippen molar-refractivity contribution in [3.63, 3.8) is 0 Å². The summed E-state index contributed by atoms with van der Waals surface area (Å²) in [6, 6.07) is 11.2. The Bertz CT molecular complexity index is 1320. The first-order valence-electron chi connectivity index (χ1n) is 9.99. The standard InChI is InChI=1S/C22H23FN6O3/c1-22(2,3)17(18-26-27-19(24)32-18)28(12-13-8-10-14(23)11-9-13)21(31)29-16-7-5-4-6-15(16)25-20(29)30/h4-11,17H,12H2,1-3H3,(H2,24,27)(H,25,30)/t17-/m1/s1. The third-order valence-corrected chi connectivity index (χ3v) is 5.11. The van der Waals surface area contributed by atoms with Crippen LogP contribution in [0.1, 0.15) is 38.3 Å². The van der Waals surface area contributed by atoms with Gasteiger partial charge in [0.1, 0.15) is 11.9 Å². The smallest absolute Gasteiger partial charge is 0.334 e. The minimum absolute atomic E-state index is 0.0648. The SMILES string of the molecule is CC(C)(C)[C@@H](c1nnc(N)o1)N(Cc1ccc(F)cc1)C(=O)n1c(=O)[nH]c2ccccc21. The minimum Gasteiger partial charge on any atom is -0.406 e. The zero-order valence-electron chi connectivity index (χ0n) is 17.9. The van der Waals surface area contributed by atoms with Gasteiger partial charge in [0.05, 0.1) is 11.0 Å². The molecule has 4 rings (SSSR count). The summed E-state index contributed by atoms with van der Waals surface area (Å²) in [6.07, 6.45) is 0. The lowest BCUT2D eigenvalue weighted by atomic mass is 9.85. The van der Waals surface area contributed by atoms with Gasteiger partial charge in [-0.25, -0.2) is 18.5 Å². The number of para-hydroxylation sites is 2. The monoisotopic (exact) mass is 438 g/mol. The molecule has 0 radical (unpaired) electrons. The Hall–Kier alpha value is -3.95. The van der Waals surface area contributed by atoms with Crippen LogP contribution in [-0.2, 0) is 6.54 Å². The van der Waals surface area contributed by atoms with E-state index in [1.54, 1.807) is 36.4 Å². The van der Waals surface area contributed by atoms with Crippen molar-refractivity contribution < 1.29 is 13.6 Å². The second kappa shape index (κ2) is 7.95. The van der Waals surface area contributed by atoms with E-state index in [4.69, 9.17) is 10.2 Å². The molecule has 1 atom stereocenters. The molecular weight excluding hydrogens is 415 g/mol. The van der Waals surface area contributed by atoms with Crippen LogP contribution in [0.3, 0.4) is 0 Å². The summed E-state index contributed by atoms with van der Waals surface area (Å²) in [6.45, 7) is 5.78. The van der Waals surface area contributed by atoms with Crippen LogP contribution < -0.4 is 11.4 Å². The van der Waals surface area contributed by atoms with E-state index in [0.717, 1.165) is 4.57 Å². The Morgan fingerprint density at radius 1 is 1.19 bits per heavy atom. The molecule has 0 saturated carbocycles. The maximum atomic E-state index is 13.9. The fourth-order valence-corrected chi connectivity index (χ4v) is 3.76. The van der Waals surface area contributed by atoms with Gasteiger partial charge in [-0.05, 0) is 35.2 Å². The van der Waals surface area contributed by atoms with Crippen LogP contribution in [0.5, 0.6) is 0 Å². The number of aromatic nitrogens is 4. The van der Waals surface area contributed by atoms with Gasteiger partial charge in [-0.1, -0.05) is 50.1 Å². The summed E-state index contributed by atoms with van der Waals surface area (Å²) >= 11 is 0. The van der Waals surface area contributed by atoms with E-state index in [1.165, 1.54) is 17.0 Å². The lowest BCUT2D eigenvalue weighted by Gasteiger charge is -2.37. The fourth-order valence-electron chi connectivity index (χ4n) is 3.76. The van der Waals surface area contributed by atoms with E-state index < -0.39 is 29.0 Å². The largest absolute Gasteiger partial charge is 0.406 e. The molecule has 10 heteroatoms. The molecule has 1 amide bonds. The number of carbonyl (C=O) groups is 1. The number of fused-ring (bicyclic) bond motifs is 1. The topological polar surface area (TPSA) is 123 Å². The molecule has 0 aliphatic heterocycles. The highest BCUT2D eigenvalue weighted by atomic mass is 19.1. The van der Waals surface area contributed by atoms with Crippen LogP contribution in [0, 0.1) is 11.2 Å². The number of nitrogen functional groups attached to an aromatic ring is 1. The minimum atomic E-state index is -0.731. The summed E-state index contributed by atoms with van der Waals surface area (Å²) in [5, 5.41) is 7.76. The number of benzene rings is 2. The van der Waals surface area contributed by atoms with Crippen LogP contribution >= 0.6 is 0 Å². The van der Waals surface area contributed by atoms with Gasteiger partial charge in [-0.2, -0.15) is 0 Å². The molecule has 0 fully saturated rings.